The van der Waals surface area contributed by atoms with Crippen molar-refractivity contribution < 1.29 is 22.3 Å². The number of halogens is 4. The van der Waals surface area contributed by atoms with Crippen molar-refractivity contribution in [2.24, 2.45) is 0 Å². The van der Waals surface area contributed by atoms with Crippen LogP contribution in [0.3, 0.4) is 0 Å². The molecule has 1 aromatic carbocycles. The molecule has 0 amide bonds. The molecule has 0 radical (unpaired) electrons. The van der Waals surface area contributed by atoms with Crippen molar-refractivity contribution in [1.29, 1.82) is 0 Å². The zero-order valence-electron chi connectivity index (χ0n) is 14.7. The molecular formula is C18H21F4N3O. The lowest BCUT2D eigenvalue weighted by molar-refractivity contribution is -0.142. The van der Waals surface area contributed by atoms with Crippen LogP contribution in [0.1, 0.15) is 5.56 Å². The molecular weight excluding hydrogens is 350 g/mol. The number of nitrogens with zero attached hydrogens (tertiary/aromatic N) is 3. The highest BCUT2D eigenvalue weighted by Crippen LogP contribution is 2.34. The lowest BCUT2D eigenvalue weighted by Gasteiger charge is -2.38. The average Bonchev–Trinajstić information content (AvgIpc) is 2.61. The van der Waals surface area contributed by atoms with Crippen molar-refractivity contribution in [3.63, 3.8) is 0 Å². The van der Waals surface area contributed by atoms with Gasteiger partial charge in [0.25, 0.3) is 0 Å². The topological polar surface area (TPSA) is 28.6 Å². The van der Waals surface area contributed by atoms with Gasteiger partial charge in [-0.1, -0.05) is 12.1 Å². The van der Waals surface area contributed by atoms with Crippen molar-refractivity contribution in [3.8, 4) is 5.75 Å². The minimum absolute atomic E-state index is 0.301. The number of aryl methyl sites for hydroxylation is 1. The minimum atomic E-state index is -3.98. The van der Waals surface area contributed by atoms with Crippen LogP contribution < -0.4 is 9.64 Å². The van der Waals surface area contributed by atoms with E-state index in [1.54, 1.807) is 13.3 Å². The lowest BCUT2D eigenvalue weighted by Crippen LogP contribution is -2.51. The van der Waals surface area contributed by atoms with E-state index in [4.69, 9.17) is 4.74 Å². The Hall–Kier alpha value is -2.09. The number of pyridine rings is 1. The van der Waals surface area contributed by atoms with Gasteiger partial charge in [-0.05, 0) is 18.6 Å². The van der Waals surface area contributed by atoms with Gasteiger partial charge in [0.2, 0.25) is 0 Å². The Bertz CT molecular complexity index is 776. The maximum atomic E-state index is 13.3. The van der Waals surface area contributed by atoms with Crippen molar-refractivity contribution >= 4 is 16.6 Å². The number of hydrogen-bond acceptors (Lipinski definition) is 4. The number of hydrogen-bond donors (Lipinski definition) is 0. The van der Waals surface area contributed by atoms with Crippen LogP contribution in [-0.4, -0.2) is 62.1 Å². The van der Waals surface area contributed by atoms with E-state index in [1.807, 2.05) is 25.1 Å². The summed E-state index contributed by atoms with van der Waals surface area (Å²) in [5.74, 6) is -3.31. The fourth-order valence-electron chi connectivity index (χ4n) is 3.36. The first-order valence-electron chi connectivity index (χ1n) is 8.39. The van der Waals surface area contributed by atoms with Gasteiger partial charge < -0.3 is 9.64 Å². The van der Waals surface area contributed by atoms with Gasteiger partial charge in [-0.15, -0.1) is 0 Å². The first-order chi connectivity index (χ1) is 12.3. The quantitative estimate of drug-likeness (QED) is 0.752. The largest absolute Gasteiger partial charge is 0.494 e. The van der Waals surface area contributed by atoms with E-state index >= 15 is 0 Å². The third kappa shape index (κ3) is 3.56. The number of ether oxygens (including phenoxy) is 1. The minimum Gasteiger partial charge on any atom is -0.494 e. The molecule has 26 heavy (non-hydrogen) atoms. The molecule has 0 unspecified atom stereocenters. The van der Waals surface area contributed by atoms with Crippen LogP contribution in [0.4, 0.5) is 23.2 Å². The predicted molar refractivity (Wildman–Crippen MR) is 92.6 cm³/mol. The third-order valence-corrected chi connectivity index (χ3v) is 4.68. The Balaban J connectivity index is 1.81. The first kappa shape index (κ1) is 18.7. The van der Waals surface area contributed by atoms with E-state index in [2.05, 4.69) is 9.88 Å². The second kappa shape index (κ2) is 7.26. The van der Waals surface area contributed by atoms with Crippen molar-refractivity contribution in [2.75, 3.05) is 44.7 Å². The van der Waals surface area contributed by atoms with Gasteiger partial charge in [-0.25, -0.2) is 8.78 Å². The smallest absolute Gasteiger partial charge is 0.319 e. The van der Waals surface area contributed by atoms with Gasteiger partial charge in [-0.3, -0.25) is 9.88 Å². The second-order valence-electron chi connectivity index (χ2n) is 6.47. The fourth-order valence-corrected chi connectivity index (χ4v) is 3.36. The summed E-state index contributed by atoms with van der Waals surface area (Å²) >= 11 is 0. The average molecular weight is 371 g/mol. The maximum absolute atomic E-state index is 13.3. The van der Waals surface area contributed by atoms with Crippen LogP contribution in [0.2, 0.25) is 0 Å². The molecule has 4 nitrogen and oxygen atoms in total. The summed E-state index contributed by atoms with van der Waals surface area (Å²) in [6.07, 6.45) is -1.88. The van der Waals surface area contributed by atoms with Crippen LogP contribution >= 0.6 is 0 Å². The third-order valence-electron chi connectivity index (χ3n) is 4.68. The molecule has 8 heteroatoms. The monoisotopic (exact) mass is 371 g/mol. The number of piperazine rings is 1. The molecule has 1 saturated heterocycles. The van der Waals surface area contributed by atoms with Gasteiger partial charge in [0.15, 0.2) is 0 Å². The molecule has 3 rings (SSSR count). The van der Waals surface area contributed by atoms with E-state index in [0.29, 0.717) is 31.9 Å². The van der Waals surface area contributed by atoms with Crippen LogP contribution in [-0.2, 0) is 0 Å². The summed E-state index contributed by atoms with van der Waals surface area (Å²) in [6, 6.07) is 5.66. The highest BCUT2D eigenvalue weighted by molar-refractivity contribution is 5.96. The second-order valence-corrected chi connectivity index (χ2v) is 6.47. The molecule has 0 saturated carbocycles. The summed E-state index contributed by atoms with van der Waals surface area (Å²) in [7, 11) is 1.58. The van der Waals surface area contributed by atoms with Gasteiger partial charge in [-0.2, -0.15) is 8.78 Å². The Kier molecular flexibility index (Phi) is 5.22. The van der Waals surface area contributed by atoms with E-state index in [0.717, 1.165) is 22.2 Å². The normalized spacial score (nSPS) is 16.5. The number of methoxy groups -OCH3 is 1. The number of alkyl halides is 4. The Morgan fingerprint density at radius 1 is 1.19 bits per heavy atom. The van der Waals surface area contributed by atoms with Gasteiger partial charge >= 0.3 is 12.3 Å². The number of fused-ring (bicyclic) bond motifs is 1. The Morgan fingerprint density at radius 3 is 2.50 bits per heavy atom. The van der Waals surface area contributed by atoms with Crippen LogP contribution in [0.25, 0.3) is 10.9 Å². The molecule has 0 spiro atoms. The number of para-hydroxylation sites is 1. The number of benzene rings is 1. The summed E-state index contributed by atoms with van der Waals surface area (Å²) in [4.78, 5) is 7.93. The zero-order chi connectivity index (χ0) is 18.9. The van der Waals surface area contributed by atoms with Crippen molar-refractivity contribution in [3.05, 3.63) is 30.0 Å². The van der Waals surface area contributed by atoms with Gasteiger partial charge in [0, 0.05) is 37.8 Å². The SMILES string of the molecule is COc1cccc2c(N3CCN(CC(F)(F)C(F)F)CC3)c(C)cnc12. The van der Waals surface area contributed by atoms with Gasteiger partial charge in [0.1, 0.15) is 11.3 Å². The Morgan fingerprint density at radius 2 is 1.88 bits per heavy atom. The van der Waals surface area contributed by atoms with Gasteiger partial charge in [0.05, 0.1) is 19.3 Å². The molecule has 1 fully saturated rings. The summed E-state index contributed by atoms with van der Waals surface area (Å²) in [6.45, 7) is 2.60. The molecule has 2 aromatic rings. The standard InChI is InChI=1S/C18H21F4N3O/c1-12-10-23-15-13(4-3-5-14(15)26-2)16(12)25-8-6-24(7-9-25)11-18(21,22)17(19)20/h3-5,10,17H,6-9,11H2,1-2H3. The van der Waals surface area contributed by atoms with Crippen molar-refractivity contribution in [1.82, 2.24) is 9.88 Å². The van der Waals surface area contributed by atoms with E-state index in [9.17, 15) is 17.6 Å². The highest BCUT2D eigenvalue weighted by Gasteiger charge is 2.42. The molecule has 0 bridgehead atoms. The maximum Gasteiger partial charge on any atom is 0.319 e. The fraction of sp³-hybridized carbons (Fsp3) is 0.500. The number of rotatable bonds is 5. The summed E-state index contributed by atoms with van der Waals surface area (Å²) in [5, 5.41) is 0.927. The predicted octanol–water partition coefficient (Wildman–Crippen LogP) is 3.57. The summed E-state index contributed by atoms with van der Waals surface area (Å²) in [5.41, 5.74) is 2.69. The molecule has 1 aliphatic rings. The van der Waals surface area contributed by atoms with E-state index < -0.39 is 18.9 Å². The molecule has 1 aliphatic heterocycles. The highest BCUT2D eigenvalue weighted by atomic mass is 19.3. The molecule has 0 N–H and O–H groups in total. The number of aromatic nitrogens is 1. The van der Waals surface area contributed by atoms with E-state index in [-0.39, 0.29) is 0 Å². The molecule has 2 heterocycles. The molecule has 0 atom stereocenters. The Labute approximate surface area is 149 Å². The zero-order valence-corrected chi connectivity index (χ0v) is 14.7. The van der Waals surface area contributed by atoms with Crippen LogP contribution in [0.15, 0.2) is 24.4 Å². The van der Waals surface area contributed by atoms with E-state index in [1.165, 1.54) is 4.90 Å². The summed E-state index contributed by atoms with van der Waals surface area (Å²) < 4.78 is 56.7. The molecule has 1 aromatic heterocycles. The first-order valence-corrected chi connectivity index (χ1v) is 8.39. The number of anilines is 1. The molecule has 0 aliphatic carbocycles. The molecule has 142 valence electrons. The van der Waals surface area contributed by atoms with Crippen LogP contribution in [0.5, 0.6) is 5.75 Å². The van der Waals surface area contributed by atoms with Crippen LogP contribution in [0, 0.1) is 6.92 Å². The lowest BCUT2D eigenvalue weighted by atomic mass is 10.1. The van der Waals surface area contributed by atoms with Crippen molar-refractivity contribution in [2.45, 2.75) is 19.3 Å².